The Hall–Kier alpha value is -1.35. The van der Waals surface area contributed by atoms with E-state index < -0.39 is 0 Å². The smallest absolute Gasteiger partial charge is 0.275 e. The number of hydrogen-bond acceptors (Lipinski definition) is 1. The van der Waals surface area contributed by atoms with Crippen LogP contribution < -0.4 is 10.2 Å². The maximum Gasteiger partial charge on any atom is 0.275 e. The molecule has 1 aromatic carbocycles. The van der Waals surface area contributed by atoms with Crippen molar-refractivity contribution in [3.63, 3.8) is 0 Å². The molecule has 1 unspecified atom stereocenters. The molecule has 2 aliphatic rings. The van der Waals surface area contributed by atoms with Crippen molar-refractivity contribution < 1.29 is 9.69 Å². The Morgan fingerprint density at radius 3 is 2.81 bits per heavy atom. The standard InChI is InChI=1S/C18H26N2O/c1-14-6-2-5-9-17(14)19-18(21)13-20-11-10-15-7-3-4-8-16(15)12-20/h3-4,7-8,14,17H,2,5-6,9-13H2,1H3,(H,19,21)/p+1/t14-,17+/m1/s1. The van der Waals surface area contributed by atoms with Gasteiger partial charge in [0.15, 0.2) is 6.54 Å². The average molecular weight is 287 g/mol. The van der Waals surface area contributed by atoms with Crippen LogP contribution in [0.2, 0.25) is 0 Å². The molecule has 2 N–H and O–H groups in total. The van der Waals surface area contributed by atoms with Crippen LogP contribution in [0, 0.1) is 5.92 Å². The minimum atomic E-state index is 0.239. The molecule has 0 aromatic heterocycles. The first-order valence-corrected chi connectivity index (χ1v) is 8.42. The van der Waals surface area contributed by atoms with E-state index in [0.717, 1.165) is 25.9 Å². The van der Waals surface area contributed by atoms with Crippen LogP contribution in [-0.4, -0.2) is 25.0 Å². The van der Waals surface area contributed by atoms with Gasteiger partial charge in [-0.3, -0.25) is 4.79 Å². The van der Waals surface area contributed by atoms with Crippen molar-refractivity contribution in [1.82, 2.24) is 5.32 Å². The molecule has 3 nitrogen and oxygen atoms in total. The summed E-state index contributed by atoms with van der Waals surface area (Å²) in [6.07, 6.45) is 6.10. The highest BCUT2D eigenvalue weighted by atomic mass is 16.2. The molecule has 0 spiro atoms. The summed E-state index contributed by atoms with van der Waals surface area (Å²) < 4.78 is 0. The number of rotatable bonds is 3. The van der Waals surface area contributed by atoms with E-state index in [0.29, 0.717) is 18.5 Å². The number of carbonyl (C=O) groups excluding carboxylic acids is 1. The zero-order chi connectivity index (χ0) is 14.7. The van der Waals surface area contributed by atoms with Gasteiger partial charge in [0.05, 0.1) is 6.54 Å². The molecule has 1 fully saturated rings. The Kier molecular flexibility index (Phi) is 4.59. The number of fused-ring (bicyclic) bond motifs is 1. The Morgan fingerprint density at radius 2 is 2.00 bits per heavy atom. The summed E-state index contributed by atoms with van der Waals surface area (Å²) >= 11 is 0. The summed E-state index contributed by atoms with van der Waals surface area (Å²) in [5, 5.41) is 3.28. The highest BCUT2D eigenvalue weighted by Gasteiger charge is 2.26. The zero-order valence-electron chi connectivity index (χ0n) is 13.0. The largest absolute Gasteiger partial charge is 0.348 e. The average Bonchev–Trinajstić information content (AvgIpc) is 2.49. The lowest BCUT2D eigenvalue weighted by atomic mass is 9.86. The molecular weight excluding hydrogens is 260 g/mol. The van der Waals surface area contributed by atoms with Crippen LogP contribution >= 0.6 is 0 Å². The predicted octanol–water partition coefficient (Wildman–Crippen LogP) is 1.32. The molecule has 3 heteroatoms. The third kappa shape index (κ3) is 3.65. The number of nitrogens with one attached hydrogen (secondary N) is 2. The van der Waals surface area contributed by atoms with Crippen LogP contribution in [-0.2, 0) is 17.8 Å². The maximum absolute atomic E-state index is 12.3. The van der Waals surface area contributed by atoms with E-state index in [9.17, 15) is 4.79 Å². The van der Waals surface area contributed by atoms with Gasteiger partial charge >= 0.3 is 0 Å². The fourth-order valence-corrected chi connectivity index (χ4v) is 3.81. The first-order chi connectivity index (χ1) is 10.2. The minimum Gasteiger partial charge on any atom is -0.348 e. The van der Waals surface area contributed by atoms with Crippen molar-refractivity contribution in [3.05, 3.63) is 35.4 Å². The van der Waals surface area contributed by atoms with Gasteiger partial charge in [-0.2, -0.15) is 0 Å². The van der Waals surface area contributed by atoms with Crippen molar-refractivity contribution in [1.29, 1.82) is 0 Å². The number of carbonyl (C=O) groups is 1. The summed E-state index contributed by atoms with van der Waals surface area (Å²) in [5.41, 5.74) is 2.88. The van der Waals surface area contributed by atoms with Gasteiger partial charge in [-0.05, 0) is 24.3 Å². The Morgan fingerprint density at radius 1 is 1.24 bits per heavy atom. The fourth-order valence-electron chi connectivity index (χ4n) is 3.81. The van der Waals surface area contributed by atoms with Crippen molar-refractivity contribution >= 4 is 5.91 Å². The normalized spacial score (nSPS) is 28.7. The van der Waals surface area contributed by atoms with Crippen LogP contribution in [0.5, 0.6) is 0 Å². The Labute approximate surface area is 127 Å². The quantitative estimate of drug-likeness (QED) is 0.864. The summed E-state index contributed by atoms with van der Waals surface area (Å²) in [4.78, 5) is 13.7. The summed E-state index contributed by atoms with van der Waals surface area (Å²) in [7, 11) is 0. The minimum absolute atomic E-state index is 0.239. The predicted molar refractivity (Wildman–Crippen MR) is 84.1 cm³/mol. The Bertz CT molecular complexity index is 500. The first-order valence-electron chi connectivity index (χ1n) is 8.42. The second-order valence-corrected chi connectivity index (χ2v) is 6.81. The second kappa shape index (κ2) is 6.61. The highest BCUT2D eigenvalue weighted by Crippen LogP contribution is 2.23. The van der Waals surface area contributed by atoms with E-state index >= 15 is 0 Å². The summed E-state index contributed by atoms with van der Waals surface area (Å²) in [6.45, 7) is 4.96. The van der Waals surface area contributed by atoms with Crippen molar-refractivity contribution in [2.24, 2.45) is 5.92 Å². The number of quaternary nitrogens is 1. The molecule has 1 amide bonds. The van der Waals surface area contributed by atoms with Crippen LogP contribution in [0.4, 0.5) is 0 Å². The van der Waals surface area contributed by atoms with Gasteiger partial charge in [-0.15, -0.1) is 0 Å². The molecule has 21 heavy (non-hydrogen) atoms. The summed E-state index contributed by atoms with van der Waals surface area (Å²) in [6, 6.07) is 9.04. The number of amides is 1. The highest BCUT2D eigenvalue weighted by molar-refractivity contribution is 5.77. The van der Waals surface area contributed by atoms with Gasteiger partial charge < -0.3 is 10.2 Å². The van der Waals surface area contributed by atoms with Gasteiger partial charge in [0.2, 0.25) is 0 Å². The Balaban J connectivity index is 1.52. The van der Waals surface area contributed by atoms with Crippen molar-refractivity contribution in [2.45, 2.75) is 51.6 Å². The van der Waals surface area contributed by atoms with Crippen molar-refractivity contribution in [3.8, 4) is 0 Å². The molecule has 0 saturated heterocycles. The lowest BCUT2D eigenvalue weighted by Gasteiger charge is -2.30. The lowest BCUT2D eigenvalue weighted by Crippen LogP contribution is -3.13. The molecule has 114 valence electrons. The molecule has 1 aromatic rings. The summed E-state index contributed by atoms with van der Waals surface area (Å²) in [5.74, 6) is 0.878. The van der Waals surface area contributed by atoms with Crippen LogP contribution in [0.15, 0.2) is 24.3 Å². The second-order valence-electron chi connectivity index (χ2n) is 6.81. The zero-order valence-corrected chi connectivity index (χ0v) is 13.0. The fraction of sp³-hybridized carbons (Fsp3) is 0.611. The van der Waals surface area contributed by atoms with Crippen LogP contribution in [0.1, 0.15) is 43.7 Å². The molecule has 1 aliphatic heterocycles. The van der Waals surface area contributed by atoms with Gasteiger partial charge in [-0.25, -0.2) is 0 Å². The van der Waals surface area contributed by atoms with E-state index in [1.807, 2.05) is 0 Å². The number of hydrogen-bond donors (Lipinski definition) is 2. The third-order valence-electron chi connectivity index (χ3n) is 5.18. The number of benzene rings is 1. The first kappa shape index (κ1) is 14.6. The van der Waals surface area contributed by atoms with E-state index in [4.69, 9.17) is 0 Å². The molecule has 0 radical (unpaired) electrons. The lowest BCUT2D eigenvalue weighted by molar-refractivity contribution is -0.908. The molecule has 1 saturated carbocycles. The van der Waals surface area contributed by atoms with E-state index in [1.54, 1.807) is 0 Å². The van der Waals surface area contributed by atoms with Gasteiger partial charge in [0.1, 0.15) is 6.54 Å². The third-order valence-corrected chi connectivity index (χ3v) is 5.18. The van der Waals surface area contributed by atoms with Gasteiger partial charge in [-0.1, -0.05) is 44.0 Å². The van der Waals surface area contributed by atoms with E-state index in [1.165, 1.54) is 35.3 Å². The molecule has 3 atom stereocenters. The van der Waals surface area contributed by atoms with E-state index in [-0.39, 0.29) is 5.91 Å². The molecular formula is C18H27N2O+. The van der Waals surface area contributed by atoms with Gasteiger partial charge in [0.25, 0.3) is 5.91 Å². The van der Waals surface area contributed by atoms with Crippen LogP contribution in [0.3, 0.4) is 0 Å². The van der Waals surface area contributed by atoms with E-state index in [2.05, 4.69) is 36.5 Å². The van der Waals surface area contributed by atoms with Crippen LogP contribution in [0.25, 0.3) is 0 Å². The molecule has 3 rings (SSSR count). The van der Waals surface area contributed by atoms with Gasteiger partial charge in [0, 0.05) is 18.0 Å². The maximum atomic E-state index is 12.3. The SMILES string of the molecule is C[C@@H]1CCCC[C@@H]1NC(=O)C[NH+]1CCc2ccccc2C1. The van der Waals surface area contributed by atoms with Crippen molar-refractivity contribution in [2.75, 3.05) is 13.1 Å². The molecule has 0 bridgehead atoms. The monoisotopic (exact) mass is 287 g/mol. The molecule has 1 heterocycles. The topological polar surface area (TPSA) is 33.5 Å². The molecule has 1 aliphatic carbocycles.